The topological polar surface area (TPSA) is 51.0 Å². The lowest BCUT2D eigenvalue weighted by Gasteiger charge is -2.11. The Labute approximate surface area is 155 Å². The number of benzene rings is 2. The van der Waals surface area contributed by atoms with E-state index in [-0.39, 0.29) is 0 Å². The molecular weight excluding hydrogens is 326 g/mol. The van der Waals surface area contributed by atoms with Gasteiger partial charge in [0.25, 0.3) is 0 Å². The van der Waals surface area contributed by atoms with Crippen LogP contribution in [0.5, 0.6) is 5.75 Å². The molecule has 0 amide bonds. The molecule has 3 rings (SSSR count). The summed E-state index contributed by atoms with van der Waals surface area (Å²) in [6.45, 7) is 2.70. The van der Waals surface area contributed by atoms with Gasteiger partial charge in [-0.2, -0.15) is 0 Å². The van der Waals surface area contributed by atoms with Gasteiger partial charge in [-0.3, -0.25) is 0 Å². The van der Waals surface area contributed by atoms with E-state index >= 15 is 0 Å². The molecule has 4 nitrogen and oxygen atoms in total. The Morgan fingerprint density at radius 3 is 2.42 bits per heavy atom. The monoisotopic (exact) mass is 353 g/mol. The van der Waals surface area contributed by atoms with Crippen LogP contribution < -0.4 is 4.74 Å². The summed E-state index contributed by atoms with van der Waals surface area (Å²) in [5.74, 6) is 1.88. The van der Waals surface area contributed by atoms with Gasteiger partial charge in [-0.1, -0.05) is 41.6 Å². The van der Waals surface area contributed by atoms with E-state index < -0.39 is 0 Å². The summed E-state index contributed by atoms with van der Waals surface area (Å²) >= 11 is 0. The average Bonchev–Trinajstić information content (AvgIpc) is 3.18. The normalized spacial score (nSPS) is 20.2. The highest BCUT2D eigenvalue weighted by Gasteiger charge is 2.25. The van der Waals surface area contributed by atoms with Gasteiger partial charge in [0, 0.05) is 6.61 Å². The fraction of sp³-hybridized carbons (Fsp3) is 0.409. The number of hydrogen-bond donors (Lipinski definition) is 1. The first-order chi connectivity index (χ1) is 12.7. The molecule has 26 heavy (non-hydrogen) atoms. The van der Waals surface area contributed by atoms with Crippen LogP contribution in [0.25, 0.3) is 0 Å². The molecule has 0 unspecified atom stereocenters. The highest BCUT2D eigenvalue weighted by molar-refractivity contribution is 5.98. The van der Waals surface area contributed by atoms with E-state index in [0.29, 0.717) is 25.0 Å². The number of nitrogens with zero attached hydrogens (tertiary/aromatic N) is 1. The maximum atomic E-state index is 9.30. The van der Waals surface area contributed by atoms with Gasteiger partial charge in [-0.15, -0.1) is 0 Å². The second kappa shape index (κ2) is 8.86. The minimum absolute atomic E-state index is 0.311. The zero-order chi connectivity index (χ0) is 18.4. The van der Waals surface area contributed by atoms with Crippen LogP contribution in [-0.2, 0) is 11.4 Å². The molecule has 1 saturated carbocycles. The highest BCUT2D eigenvalue weighted by Crippen LogP contribution is 2.37. The van der Waals surface area contributed by atoms with Crippen molar-refractivity contribution in [2.24, 2.45) is 11.1 Å². The lowest BCUT2D eigenvalue weighted by Crippen LogP contribution is -2.01. The van der Waals surface area contributed by atoms with E-state index in [1.54, 1.807) is 7.11 Å². The smallest absolute Gasteiger partial charge is 0.142 e. The third kappa shape index (κ3) is 4.64. The van der Waals surface area contributed by atoms with Crippen LogP contribution in [0.1, 0.15) is 48.8 Å². The Hall–Kier alpha value is -2.33. The molecule has 138 valence electrons. The molecule has 1 aliphatic rings. The maximum Gasteiger partial charge on any atom is 0.142 e. The highest BCUT2D eigenvalue weighted by atomic mass is 16.6. The van der Waals surface area contributed by atoms with Gasteiger partial charge in [0.15, 0.2) is 0 Å². The number of methoxy groups -OCH3 is 1. The van der Waals surface area contributed by atoms with Crippen molar-refractivity contribution in [2.75, 3.05) is 13.7 Å². The SMILES string of the molecule is COc1ccc(CO/N=C(\C)c2ccc([C@@H]3CC[C@H](CO)C3)cc2)cc1. The van der Waals surface area contributed by atoms with Crippen molar-refractivity contribution in [3.05, 3.63) is 65.2 Å². The summed E-state index contributed by atoms with van der Waals surface area (Å²) in [6, 6.07) is 16.4. The number of hydrogen-bond acceptors (Lipinski definition) is 4. The molecule has 1 N–H and O–H groups in total. The molecule has 0 saturated heterocycles. The minimum Gasteiger partial charge on any atom is -0.497 e. The fourth-order valence-corrected chi connectivity index (χ4v) is 3.52. The Bertz CT molecular complexity index is 722. The van der Waals surface area contributed by atoms with E-state index in [1.165, 1.54) is 12.0 Å². The zero-order valence-electron chi connectivity index (χ0n) is 15.5. The molecule has 1 fully saturated rings. The predicted molar refractivity (Wildman–Crippen MR) is 104 cm³/mol. The van der Waals surface area contributed by atoms with Crippen molar-refractivity contribution in [3.63, 3.8) is 0 Å². The number of aliphatic hydroxyl groups excluding tert-OH is 1. The van der Waals surface area contributed by atoms with Crippen molar-refractivity contribution in [1.29, 1.82) is 0 Å². The predicted octanol–water partition coefficient (Wildman–Crippen LogP) is 4.51. The Kier molecular flexibility index (Phi) is 6.29. The summed E-state index contributed by atoms with van der Waals surface area (Å²) in [7, 11) is 1.65. The van der Waals surface area contributed by atoms with Gasteiger partial charge < -0.3 is 14.7 Å². The summed E-state index contributed by atoms with van der Waals surface area (Å²) in [5, 5.41) is 13.5. The first-order valence-electron chi connectivity index (χ1n) is 9.20. The van der Waals surface area contributed by atoms with Crippen LogP contribution in [0.4, 0.5) is 0 Å². The first-order valence-corrected chi connectivity index (χ1v) is 9.20. The molecule has 2 aromatic rings. The van der Waals surface area contributed by atoms with Crippen LogP contribution in [0.2, 0.25) is 0 Å². The Balaban J connectivity index is 1.55. The lowest BCUT2D eigenvalue weighted by molar-refractivity contribution is 0.130. The summed E-state index contributed by atoms with van der Waals surface area (Å²) in [6.07, 6.45) is 3.39. The largest absolute Gasteiger partial charge is 0.497 e. The number of aliphatic hydroxyl groups is 1. The Morgan fingerprint density at radius 1 is 1.08 bits per heavy atom. The van der Waals surface area contributed by atoms with E-state index in [1.807, 2.05) is 31.2 Å². The molecule has 2 aromatic carbocycles. The quantitative estimate of drug-likeness (QED) is 0.588. The second-order valence-corrected chi connectivity index (χ2v) is 6.98. The molecule has 0 radical (unpaired) electrons. The lowest BCUT2D eigenvalue weighted by atomic mass is 9.95. The molecule has 4 heteroatoms. The van der Waals surface area contributed by atoms with Crippen LogP contribution in [0.15, 0.2) is 53.7 Å². The van der Waals surface area contributed by atoms with Gasteiger partial charge in [-0.05, 0) is 66.8 Å². The first kappa shape index (κ1) is 18.5. The van der Waals surface area contributed by atoms with Crippen molar-refractivity contribution in [2.45, 2.75) is 38.7 Å². The third-order valence-corrected chi connectivity index (χ3v) is 5.19. The van der Waals surface area contributed by atoms with Crippen LogP contribution in [-0.4, -0.2) is 24.5 Å². The zero-order valence-corrected chi connectivity index (χ0v) is 15.5. The number of ether oxygens (including phenoxy) is 1. The van der Waals surface area contributed by atoms with Crippen molar-refractivity contribution >= 4 is 5.71 Å². The molecule has 0 aromatic heterocycles. The molecule has 0 bridgehead atoms. The van der Waals surface area contributed by atoms with E-state index in [2.05, 4.69) is 29.4 Å². The molecule has 2 atom stereocenters. The maximum absolute atomic E-state index is 9.30. The van der Waals surface area contributed by atoms with Gasteiger partial charge in [0.05, 0.1) is 12.8 Å². The molecule has 0 spiro atoms. The van der Waals surface area contributed by atoms with Gasteiger partial charge in [0.2, 0.25) is 0 Å². The number of rotatable bonds is 7. The van der Waals surface area contributed by atoms with Crippen molar-refractivity contribution in [1.82, 2.24) is 0 Å². The van der Waals surface area contributed by atoms with Gasteiger partial charge >= 0.3 is 0 Å². The summed E-state index contributed by atoms with van der Waals surface area (Å²) < 4.78 is 5.15. The van der Waals surface area contributed by atoms with Crippen molar-refractivity contribution < 1.29 is 14.7 Å². The third-order valence-electron chi connectivity index (χ3n) is 5.19. The van der Waals surface area contributed by atoms with Crippen molar-refractivity contribution in [3.8, 4) is 5.75 Å². The molecule has 0 aliphatic heterocycles. The van der Waals surface area contributed by atoms with Crippen LogP contribution in [0.3, 0.4) is 0 Å². The van der Waals surface area contributed by atoms with E-state index in [4.69, 9.17) is 9.57 Å². The Morgan fingerprint density at radius 2 is 1.81 bits per heavy atom. The van der Waals surface area contributed by atoms with Crippen LogP contribution >= 0.6 is 0 Å². The van der Waals surface area contributed by atoms with Gasteiger partial charge in [0.1, 0.15) is 12.4 Å². The fourth-order valence-electron chi connectivity index (χ4n) is 3.52. The summed E-state index contributed by atoms with van der Waals surface area (Å²) in [5.41, 5.74) is 4.35. The molecule has 0 heterocycles. The van der Waals surface area contributed by atoms with Gasteiger partial charge in [-0.25, -0.2) is 0 Å². The molecule has 1 aliphatic carbocycles. The standard InChI is InChI=1S/C22H27NO3/c1-16(23-26-15-17-4-11-22(25-2)12-5-17)19-7-9-20(10-8-19)21-6-3-18(13-21)14-24/h4-5,7-12,18,21,24H,3,6,13-15H2,1-2H3/b23-16+/t18-,21+/m0/s1. The van der Waals surface area contributed by atoms with E-state index in [0.717, 1.165) is 35.4 Å². The van der Waals surface area contributed by atoms with E-state index in [9.17, 15) is 5.11 Å². The summed E-state index contributed by atoms with van der Waals surface area (Å²) in [4.78, 5) is 5.49. The van der Waals surface area contributed by atoms with Crippen LogP contribution in [0, 0.1) is 5.92 Å². The number of oxime groups is 1. The second-order valence-electron chi connectivity index (χ2n) is 6.98. The minimum atomic E-state index is 0.311. The molecular formula is C22H27NO3. The average molecular weight is 353 g/mol.